The largest absolute Gasteiger partial charge is 0.478 e. The molecule has 1 heterocycles. The van der Waals surface area contributed by atoms with Crippen LogP contribution in [0.5, 0.6) is 0 Å². The number of hydrogen-bond donors (Lipinski definition) is 1. The predicted molar refractivity (Wildman–Crippen MR) is 54.8 cm³/mol. The highest BCUT2D eigenvalue weighted by Crippen LogP contribution is 2.02. The maximum absolute atomic E-state index is 10.5. The minimum Gasteiger partial charge on any atom is -0.478 e. The van der Waals surface area contributed by atoms with Gasteiger partial charge in [0.25, 0.3) is 0 Å². The van der Waals surface area contributed by atoms with Crippen molar-refractivity contribution < 1.29 is 14.7 Å². The molecule has 15 heavy (non-hydrogen) atoms. The van der Waals surface area contributed by atoms with Crippen LogP contribution in [0.1, 0.15) is 29.9 Å². The number of pyridine rings is 1. The number of rotatable bonds is 4. The number of aromatic carboxylic acids is 1. The van der Waals surface area contributed by atoms with Gasteiger partial charge in [-0.25, -0.2) is 4.79 Å². The predicted octanol–water partition coefficient (Wildman–Crippen LogP) is 1.69. The maximum atomic E-state index is 10.5. The van der Waals surface area contributed by atoms with Crippen molar-refractivity contribution in [2.24, 2.45) is 5.16 Å². The van der Waals surface area contributed by atoms with Crippen molar-refractivity contribution in [2.45, 2.75) is 20.5 Å². The number of carbonyl (C=O) groups is 1. The number of aromatic nitrogens is 1. The summed E-state index contributed by atoms with van der Waals surface area (Å²) in [7, 11) is 0. The van der Waals surface area contributed by atoms with E-state index in [0.29, 0.717) is 5.69 Å². The molecule has 0 bridgehead atoms. The minimum absolute atomic E-state index is 0.161. The van der Waals surface area contributed by atoms with Crippen LogP contribution in [0.3, 0.4) is 0 Å². The molecule has 0 atom stereocenters. The van der Waals surface area contributed by atoms with E-state index in [1.54, 1.807) is 6.07 Å². The quantitative estimate of drug-likeness (QED) is 0.603. The molecule has 0 saturated heterocycles. The Morgan fingerprint density at radius 2 is 2.27 bits per heavy atom. The van der Waals surface area contributed by atoms with Gasteiger partial charge in [-0.05, 0) is 26.0 Å². The van der Waals surface area contributed by atoms with Crippen molar-refractivity contribution in [1.29, 1.82) is 0 Å². The van der Waals surface area contributed by atoms with Gasteiger partial charge in [-0.3, -0.25) is 4.98 Å². The van der Waals surface area contributed by atoms with Gasteiger partial charge in [0.05, 0.1) is 17.0 Å². The molecule has 5 nitrogen and oxygen atoms in total. The van der Waals surface area contributed by atoms with Crippen LogP contribution < -0.4 is 0 Å². The summed E-state index contributed by atoms with van der Waals surface area (Å²) in [5, 5.41) is 12.4. The second-order valence-electron chi connectivity index (χ2n) is 3.16. The highest BCUT2D eigenvalue weighted by atomic mass is 16.6. The Kier molecular flexibility index (Phi) is 3.79. The fourth-order valence-electron chi connectivity index (χ4n) is 0.864. The summed E-state index contributed by atoms with van der Waals surface area (Å²) in [5.41, 5.74) is 1.62. The molecule has 0 radical (unpaired) electrons. The molecule has 0 fully saturated rings. The Labute approximate surface area is 87.4 Å². The van der Waals surface area contributed by atoms with Gasteiger partial charge < -0.3 is 9.94 Å². The van der Waals surface area contributed by atoms with Crippen LogP contribution in [0.4, 0.5) is 0 Å². The van der Waals surface area contributed by atoms with E-state index in [1.165, 1.54) is 12.3 Å². The summed E-state index contributed by atoms with van der Waals surface area (Å²) in [5.74, 6) is -0.989. The maximum Gasteiger partial charge on any atom is 0.337 e. The first-order valence-electron chi connectivity index (χ1n) is 4.41. The molecule has 0 saturated carbocycles. The molecule has 0 aromatic carbocycles. The smallest absolute Gasteiger partial charge is 0.337 e. The van der Waals surface area contributed by atoms with E-state index in [9.17, 15) is 4.79 Å². The molecule has 0 amide bonds. The lowest BCUT2D eigenvalue weighted by molar-refractivity contribution is 0.0696. The molecular weight excluding hydrogens is 196 g/mol. The lowest BCUT2D eigenvalue weighted by Crippen LogP contribution is -1.99. The van der Waals surface area contributed by atoms with Crippen molar-refractivity contribution in [3.63, 3.8) is 0 Å². The number of hydrogen-bond acceptors (Lipinski definition) is 4. The van der Waals surface area contributed by atoms with E-state index in [4.69, 9.17) is 9.94 Å². The summed E-state index contributed by atoms with van der Waals surface area (Å²) in [6.07, 6.45) is 1.30. The third kappa shape index (κ3) is 3.76. The number of carboxylic acid groups (broad SMARTS) is 1. The first kappa shape index (κ1) is 11.2. The Morgan fingerprint density at radius 3 is 2.73 bits per heavy atom. The number of nitrogens with zero attached hydrogens (tertiary/aromatic N) is 2. The third-order valence-corrected chi connectivity index (χ3v) is 1.53. The zero-order valence-electron chi connectivity index (χ0n) is 8.60. The van der Waals surface area contributed by atoms with Gasteiger partial charge in [0.1, 0.15) is 0 Å². The first-order chi connectivity index (χ1) is 7.09. The summed E-state index contributed by atoms with van der Waals surface area (Å²) in [6.45, 7) is 3.88. The van der Waals surface area contributed by atoms with Crippen LogP contribution in [0, 0.1) is 0 Å². The summed E-state index contributed by atoms with van der Waals surface area (Å²) < 4.78 is 0. The molecule has 0 aliphatic heterocycles. The second-order valence-corrected chi connectivity index (χ2v) is 3.16. The van der Waals surface area contributed by atoms with E-state index >= 15 is 0 Å². The van der Waals surface area contributed by atoms with Crippen LogP contribution in [-0.2, 0) is 11.4 Å². The average molecular weight is 208 g/mol. The second kappa shape index (κ2) is 5.09. The molecule has 0 aliphatic carbocycles. The van der Waals surface area contributed by atoms with E-state index in [-0.39, 0.29) is 12.2 Å². The SMILES string of the molecule is CC(C)=NOCc1ccc(C(=O)O)cn1. The molecule has 0 unspecified atom stereocenters. The van der Waals surface area contributed by atoms with E-state index < -0.39 is 5.97 Å². The zero-order chi connectivity index (χ0) is 11.3. The topological polar surface area (TPSA) is 71.8 Å². The molecule has 1 aromatic heterocycles. The van der Waals surface area contributed by atoms with E-state index in [1.807, 2.05) is 13.8 Å². The number of carboxylic acids is 1. The van der Waals surface area contributed by atoms with Crippen LogP contribution in [-0.4, -0.2) is 21.8 Å². The van der Waals surface area contributed by atoms with Crippen molar-refractivity contribution in [3.8, 4) is 0 Å². The van der Waals surface area contributed by atoms with Gasteiger partial charge in [0, 0.05) is 6.20 Å². The van der Waals surface area contributed by atoms with Crippen molar-refractivity contribution in [2.75, 3.05) is 0 Å². The summed E-state index contributed by atoms with van der Waals surface area (Å²) >= 11 is 0. The highest BCUT2D eigenvalue weighted by Gasteiger charge is 2.02. The molecule has 1 rings (SSSR count). The van der Waals surface area contributed by atoms with Gasteiger partial charge in [0.15, 0.2) is 6.61 Å². The average Bonchev–Trinajstić information content (AvgIpc) is 2.18. The van der Waals surface area contributed by atoms with E-state index in [2.05, 4.69) is 10.1 Å². The lowest BCUT2D eigenvalue weighted by Gasteiger charge is -2.00. The van der Waals surface area contributed by atoms with Crippen molar-refractivity contribution in [1.82, 2.24) is 4.98 Å². The molecule has 5 heteroatoms. The van der Waals surface area contributed by atoms with Crippen molar-refractivity contribution >= 4 is 11.7 Å². The Bertz CT molecular complexity index is 367. The minimum atomic E-state index is -0.989. The van der Waals surface area contributed by atoms with Crippen molar-refractivity contribution in [3.05, 3.63) is 29.6 Å². The molecule has 1 N–H and O–H groups in total. The monoisotopic (exact) mass is 208 g/mol. The third-order valence-electron chi connectivity index (χ3n) is 1.53. The fraction of sp³-hybridized carbons (Fsp3) is 0.300. The van der Waals surface area contributed by atoms with Gasteiger partial charge in [-0.1, -0.05) is 5.16 Å². The van der Waals surface area contributed by atoms with Gasteiger partial charge in [-0.15, -0.1) is 0 Å². The van der Waals surface area contributed by atoms with Gasteiger partial charge in [0.2, 0.25) is 0 Å². The van der Waals surface area contributed by atoms with Gasteiger partial charge >= 0.3 is 5.97 Å². The van der Waals surface area contributed by atoms with Crippen LogP contribution >= 0.6 is 0 Å². The molecule has 1 aromatic rings. The fourth-order valence-corrected chi connectivity index (χ4v) is 0.864. The zero-order valence-corrected chi connectivity index (χ0v) is 8.60. The van der Waals surface area contributed by atoms with Crippen LogP contribution in [0.2, 0.25) is 0 Å². The first-order valence-corrected chi connectivity index (χ1v) is 4.41. The Hall–Kier alpha value is -1.91. The summed E-state index contributed by atoms with van der Waals surface area (Å²) in [6, 6.07) is 3.08. The highest BCUT2D eigenvalue weighted by molar-refractivity contribution is 5.87. The van der Waals surface area contributed by atoms with Crippen LogP contribution in [0.15, 0.2) is 23.5 Å². The Morgan fingerprint density at radius 1 is 1.53 bits per heavy atom. The molecule has 0 aliphatic rings. The Balaban J connectivity index is 2.57. The molecule has 0 spiro atoms. The standard InChI is InChI=1S/C10H12N2O3/c1-7(2)12-15-6-9-4-3-8(5-11-9)10(13)14/h3-5H,6H2,1-2H3,(H,13,14). The van der Waals surface area contributed by atoms with E-state index in [0.717, 1.165) is 5.71 Å². The summed E-state index contributed by atoms with van der Waals surface area (Å²) in [4.78, 5) is 19.4. The molecule has 80 valence electrons. The number of oxime groups is 1. The van der Waals surface area contributed by atoms with Gasteiger partial charge in [-0.2, -0.15) is 0 Å². The van der Waals surface area contributed by atoms with Crippen LogP contribution in [0.25, 0.3) is 0 Å². The lowest BCUT2D eigenvalue weighted by atomic mass is 10.2. The molecular formula is C10H12N2O3. The normalized spacial score (nSPS) is 9.47.